The molecule has 1 heterocycles. The third-order valence-corrected chi connectivity index (χ3v) is 5.34. The lowest BCUT2D eigenvalue weighted by molar-refractivity contribution is -0.141. The van der Waals surface area contributed by atoms with Crippen molar-refractivity contribution in [2.24, 2.45) is 5.41 Å². The van der Waals surface area contributed by atoms with E-state index in [1.165, 1.54) is 17.0 Å². The van der Waals surface area contributed by atoms with E-state index in [0.29, 0.717) is 12.0 Å². The SMILES string of the molecule is O=C1C[C@@]2(C[C@H]2c2ccc(C(F)(F)F)cc2)C(=O)N1Cc1ccccc1. The number of hydrogen-bond acceptors (Lipinski definition) is 2. The molecule has 2 fully saturated rings. The van der Waals surface area contributed by atoms with Crippen molar-refractivity contribution in [2.75, 3.05) is 0 Å². The first kappa shape index (κ1) is 16.8. The molecule has 1 saturated carbocycles. The van der Waals surface area contributed by atoms with E-state index in [4.69, 9.17) is 0 Å². The van der Waals surface area contributed by atoms with Crippen LogP contribution < -0.4 is 0 Å². The molecular formula is C20H16F3NO2. The van der Waals surface area contributed by atoms with E-state index in [2.05, 4.69) is 0 Å². The monoisotopic (exact) mass is 359 g/mol. The molecule has 0 aromatic heterocycles. The molecule has 1 aliphatic heterocycles. The Morgan fingerprint density at radius 3 is 2.27 bits per heavy atom. The highest BCUT2D eigenvalue weighted by atomic mass is 19.4. The van der Waals surface area contributed by atoms with Crippen LogP contribution in [-0.4, -0.2) is 16.7 Å². The third kappa shape index (κ3) is 2.69. The molecule has 0 unspecified atom stereocenters. The fourth-order valence-electron chi connectivity index (χ4n) is 3.83. The van der Waals surface area contributed by atoms with Gasteiger partial charge in [-0.15, -0.1) is 0 Å². The van der Waals surface area contributed by atoms with Gasteiger partial charge in [-0.2, -0.15) is 13.2 Å². The van der Waals surface area contributed by atoms with Crippen LogP contribution in [0.25, 0.3) is 0 Å². The quantitative estimate of drug-likeness (QED) is 0.773. The predicted molar refractivity (Wildman–Crippen MR) is 87.9 cm³/mol. The number of rotatable bonds is 3. The van der Waals surface area contributed by atoms with Gasteiger partial charge < -0.3 is 0 Å². The van der Waals surface area contributed by atoms with Gasteiger partial charge in [0.05, 0.1) is 17.5 Å². The van der Waals surface area contributed by atoms with Crippen LogP contribution in [0.2, 0.25) is 0 Å². The van der Waals surface area contributed by atoms with Gasteiger partial charge in [-0.05, 0) is 35.6 Å². The van der Waals surface area contributed by atoms with Crippen molar-refractivity contribution in [3.05, 3.63) is 71.3 Å². The second-order valence-electron chi connectivity index (χ2n) is 6.98. The number of hydrogen-bond donors (Lipinski definition) is 0. The Labute approximate surface area is 148 Å². The molecule has 134 valence electrons. The summed E-state index contributed by atoms with van der Waals surface area (Å²) in [5.74, 6) is -0.619. The molecule has 6 heteroatoms. The molecule has 0 N–H and O–H groups in total. The molecule has 2 aromatic carbocycles. The number of nitrogens with zero attached hydrogens (tertiary/aromatic N) is 1. The summed E-state index contributed by atoms with van der Waals surface area (Å²) in [6, 6.07) is 14.2. The lowest BCUT2D eigenvalue weighted by Gasteiger charge is -2.15. The Hall–Kier alpha value is -2.63. The molecule has 2 amide bonds. The number of halogens is 3. The van der Waals surface area contributed by atoms with Gasteiger partial charge in [-0.3, -0.25) is 14.5 Å². The zero-order chi connectivity index (χ0) is 18.5. The zero-order valence-electron chi connectivity index (χ0n) is 13.8. The molecule has 2 aromatic rings. The largest absolute Gasteiger partial charge is 0.416 e. The van der Waals surface area contributed by atoms with E-state index in [1.54, 1.807) is 0 Å². The molecular weight excluding hydrogens is 343 g/mol. The van der Waals surface area contributed by atoms with Crippen LogP contribution in [0.1, 0.15) is 35.4 Å². The van der Waals surface area contributed by atoms with Crippen molar-refractivity contribution in [3.8, 4) is 0 Å². The van der Waals surface area contributed by atoms with Crippen LogP contribution in [0.4, 0.5) is 13.2 Å². The van der Waals surface area contributed by atoms with Gasteiger partial charge in [-0.25, -0.2) is 0 Å². The minimum Gasteiger partial charge on any atom is -0.278 e. The minimum atomic E-state index is -4.38. The molecule has 1 aliphatic carbocycles. The van der Waals surface area contributed by atoms with Gasteiger partial charge in [0.15, 0.2) is 0 Å². The van der Waals surface area contributed by atoms with Crippen molar-refractivity contribution in [1.29, 1.82) is 0 Å². The van der Waals surface area contributed by atoms with Crippen molar-refractivity contribution in [1.82, 2.24) is 4.90 Å². The molecule has 0 bridgehead atoms. The standard InChI is InChI=1S/C20H16F3NO2/c21-20(22,23)15-8-6-14(7-9-15)16-10-19(16)11-17(25)24(18(19)26)12-13-4-2-1-3-5-13/h1-9,16H,10-12H2/t16-,19+/m0/s1. The second-order valence-corrected chi connectivity index (χ2v) is 6.98. The molecule has 2 atom stereocenters. The number of imide groups is 1. The molecule has 2 aliphatic rings. The van der Waals surface area contributed by atoms with E-state index in [-0.39, 0.29) is 30.7 Å². The van der Waals surface area contributed by atoms with Crippen LogP contribution in [0.3, 0.4) is 0 Å². The van der Waals surface area contributed by atoms with E-state index in [0.717, 1.165) is 17.7 Å². The fraction of sp³-hybridized carbons (Fsp3) is 0.300. The summed E-state index contributed by atoms with van der Waals surface area (Å²) in [4.78, 5) is 26.5. The molecule has 3 nitrogen and oxygen atoms in total. The number of carbonyl (C=O) groups excluding carboxylic acids is 2. The molecule has 1 spiro atoms. The molecule has 4 rings (SSSR count). The average Bonchev–Trinajstić information content (AvgIpc) is 3.29. The summed E-state index contributed by atoms with van der Waals surface area (Å²) in [7, 11) is 0. The maximum atomic E-state index is 12.8. The highest BCUT2D eigenvalue weighted by Crippen LogP contribution is 2.65. The fourth-order valence-corrected chi connectivity index (χ4v) is 3.83. The van der Waals surface area contributed by atoms with Gasteiger partial charge in [0.25, 0.3) is 0 Å². The number of alkyl halides is 3. The number of benzene rings is 2. The number of amides is 2. The van der Waals surface area contributed by atoms with Crippen LogP contribution in [0, 0.1) is 5.41 Å². The summed E-state index contributed by atoms with van der Waals surface area (Å²) in [6.07, 6.45) is -3.75. The first-order valence-electron chi connectivity index (χ1n) is 8.37. The van der Waals surface area contributed by atoms with Crippen LogP contribution in [0.15, 0.2) is 54.6 Å². The molecule has 0 radical (unpaired) electrons. The predicted octanol–water partition coefficient (Wildman–Crippen LogP) is 4.14. The number of likely N-dealkylation sites (tertiary alicyclic amines) is 1. The van der Waals surface area contributed by atoms with Gasteiger partial charge in [0, 0.05) is 6.42 Å². The Morgan fingerprint density at radius 2 is 1.65 bits per heavy atom. The highest BCUT2D eigenvalue weighted by Gasteiger charge is 2.67. The van der Waals surface area contributed by atoms with E-state index < -0.39 is 17.2 Å². The Morgan fingerprint density at radius 1 is 1.00 bits per heavy atom. The molecule has 1 saturated heterocycles. The Balaban J connectivity index is 1.52. The highest BCUT2D eigenvalue weighted by molar-refractivity contribution is 6.08. The summed E-state index contributed by atoms with van der Waals surface area (Å²) < 4.78 is 38.1. The zero-order valence-corrected chi connectivity index (χ0v) is 13.8. The van der Waals surface area contributed by atoms with Crippen LogP contribution in [0.5, 0.6) is 0 Å². The van der Waals surface area contributed by atoms with Crippen LogP contribution in [-0.2, 0) is 22.3 Å². The normalized spacial score (nSPS) is 25.2. The third-order valence-electron chi connectivity index (χ3n) is 5.34. The van der Waals surface area contributed by atoms with Gasteiger partial charge in [0.2, 0.25) is 11.8 Å². The van der Waals surface area contributed by atoms with Gasteiger partial charge in [-0.1, -0.05) is 42.5 Å². The smallest absolute Gasteiger partial charge is 0.278 e. The lowest BCUT2D eigenvalue weighted by Crippen LogP contribution is -2.30. The first-order valence-corrected chi connectivity index (χ1v) is 8.37. The topological polar surface area (TPSA) is 37.4 Å². The van der Waals surface area contributed by atoms with Crippen molar-refractivity contribution in [2.45, 2.75) is 31.5 Å². The van der Waals surface area contributed by atoms with Crippen LogP contribution >= 0.6 is 0 Å². The summed E-state index contributed by atoms with van der Waals surface area (Å²) in [6.45, 7) is 0.236. The van der Waals surface area contributed by atoms with Crippen molar-refractivity contribution < 1.29 is 22.8 Å². The Bertz CT molecular complexity index is 861. The van der Waals surface area contributed by atoms with Crippen molar-refractivity contribution >= 4 is 11.8 Å². The minimum absolute atomic E-state index is 0.129. The summed E-state index contributed by atoms with van der Waals surface area (Å²) in [5, 5.41) is 0. The van der Waals surface area contributed by atoms with Gasteiger partial charge >= 0.3 is 6.18 Å². The first-order chi connectivity index (χ1) is 12.3. The van der Waals surface area contributed by atoms with Gasteiger partial charge in [0.1, 0.15) is 0 Å². The maximum Gasteiger partial charge on any atom is 0.416 e. The Kier molecular flexibility index (Phi) is 3.68. The molecule has 26 heavy (non-hydrogen) atoms. The number of carbonyl (C=O) groups is 2. The maximum absolute atomic E-state index is 12.8. The average molecular weight is 359 g/mol. The van der Waals surface area contributed by atoms with E-state index >= 15 is 0 Å². The second kappa shape index (κ2) is 5.69. The lowest BCUT2D eigenvalue weighted by atomic mass is 9.96. The summed E-state index contributed by atoms with van der Waals surface area (Å²) >= 11 is 0. The van der Waals surface area contributed by atoms with E-state index in [9.17, 15) is 22.8 Å². The van der Waals surface area contributed by atoms with E-state index in [1.807, 2.05) is 30.3 Å². The van der Waals surface area contributed by atoms with Crippen molar-refractivity contribution in [3.63, 3.8) is 0 Å². The summed E-state index contributed by atoms with van der Waals surface area (Å²) in [5.41, 5.74) is 0.0696.